The Morgan fingerprint density at radius 3 is 2.37 bits per heavy atom. The molecule has 0 fully saturated rings. The van der Waals surface area contributed by atoms with Gasteiger partial charge in [-0.1, -0.05) is 41.9 Å². The third kappa shape index (κ3) is 4.93. The van der Waals surface area contributed by atoms with Crippen molar-refractivity contribution in [2.24, 2.45) is 5.92 Å². The van der Waals surface area contributed by atoms with Gasteiger partial charge in [0.2, 0.25) is 0 Å². The molecular weight excluding hydrogens is 310 g/mol. The minimum Gasteiger partial charge on any atom is -0.396 e. The quantitative estimate of drug-likeness (QED) is 0.747. The standard InChI is InChI=1S/C14H20BrNO3/c1-9(2)12(7-8-17)16-14(19)13(18)10-3-5-11(15)6-4-10/h3-6,9,12-13,17-18H,7-8H2,1-2H3,(H,16,19)/t12-,13-/m1/s1. The minimum atomic E-state index is -1.19. The van der Waals surface area contributed by atoms with Crippen molar-refractivity contribution in [3.8, 4) is 0 Å². The smallest absolute Gasteiger partial charge is 0.253 e. The highest BCUT2D eigenvalue weighted by molar-refractivity contribution is 9.10. The van der Waals surface area contributed by atoms with Gasteiger partial charge in [-0.25, -0.2) is 0 Å². The maximum Gasteiger partial charge on any atom is 0.253 e. The van der Waals surface area contributed by atoms with E-state index in [0.717, 1.165) is 4.47 Å². The first-order chi connectivity index (χ1) is 8.95. The molecule has 0 aliphatic rings. The van der Waals surface area contributed by atoms with Crippen LogP contribution in [0.1, 0.15) is 31.9 Å². The van der Waals surface area contributed by atoms with Crippen molar-refractivity contribution in [3.05, 3.63) is 34.3 Å². The Kier molecular flexibility index (Phi) is 6.48. The molecule has 106 valence electrons. The normalized spacial score (nSPS) is 14.2. The number of aliphatic hydroxyl groups is 2. The summed E-state index contributed by atoms with van der Waals surface area (Å²) < 4.78 is 0.893. The Hall–Kier alpha value is -0.910. The number of hydrogen-bond donors (Lipinski definition) is 3. The lowest BCUT2D eigenvalue weighted by Crippen LogP contribution is -2.41. The maximum atomic E-state index is 12.0. The van der Waals surface area contributed by atoms with Gasteiger partial charge in [-0.2, -0.15) is 0 Å². The van der Waals surface area contributed by atoms with E-state index in [-0.39, 0.29) is 18.6 Å². The van der Waals surface area contributed by atoms with E-state index in [4.69, 9.17) is 5.11 Å². The third-order valence-electron chi connectivity index (χ3n) is 3.01. The SMILES string of the molecule is CC(C)[C@@H](CCO)NC(=O)[C@H](O)c1ccc(Br)cc1. The van der Waals surface area contributed by atoms with E-state index in [1.807, 2.05) is 13.8 Å². The topological polar surface area (TPSA) is 69.6 Å². The highest BCUT2D eigenvalue weighted by Gasteiger charge is 2.22. The zero-order valence-electron chi connectivity index (χ0n) is 11.1. The van der Waals surface area contributed by atoms with Crippen molar-refractivity contribution in [2.75, 3.05) is 6.61 Å². The molecule has 3 N–H and O–H groups in total. The van der Waals surface area contributed by atoms with Gasteiger partial charge >= 0.3 is 0 Å². The van der Waals surface area contributed by atoms with Crippen molar-refractivity contribution >= 4 is 21.8 Å². The number of amides is 1. The van der Waals surface area contributed by atoms with Gasteiger partial charge in [0.25, 0.3) is 5.91 Å². The van der Waals surface area contributed by atoms with Crippen molar-refractivity contribution in [3.63, 3.8) is 0 Å². The monoisotopic (exact) mass is 329 g/mol. The largest absolute Gasteiger partial charge is 0.396 e. The summed E-state index contributed by atoms with van der Waals surface area (Å²) in [5, 5.41) is 21.7. The Labute approximate surface area is 122 Å². The lowest BCUT2D eigenvalue weighted by atomic mass is 10.0. The zero-order chi connectivity index (χ0) is 14.4. The van der Waals surface area contributed by atoms with E-state index in [1.54, 1.807) is 24.3 Å². The molecule has 0 unspecified atom stereocenters. The van der Waals surface area contributed by atoms with E-state index in [9.17, 15) is 9.90 Å². The van der Waals surface area contributed by atoms with E-state index < -0.39 is 12.0 Å². The number of hydrogen-bond acceptors (Lipinski definition) is 3. The molecule has 0 spiro atoms. The van der Waals surface area contributed by atoms with Crippen molar-refractivity contribution < 1.29 is 15.0 Å². The van der Waals surface area contributed by atoms with E-state index in [2.05, 4.69) is 21.2 Å². The van der Waals surface area contributed by atoms with Crippen molar-refractivity contribution in [1.82, 2.24) is 5.32 Å². The Balaban J connectivity index is 2.68. The second-order valence-corrected chi connectivity index (χ2v) is 5.74. The highest BCUT2D eigenvalue weighted by atomic mass is 79.9. The fraction of sp³-hybridized carbons (Fsp3) is 0.500. The van der Waals surface area contributed by atoms with Crippen LogP contribution in [0.4, 0.5) is 0 Å². The average molecular weight is 330 g/mol. The van der Waals surface area contributed by atoms with Gasteiger partial charge < -0.3 is 15.5 Å². The molecule has 0 aliphatic carbocycles. The van der Waals surface area contributed by atoms with E-state index in [1.165, 1.54) is 0 Å². The van der Waals surface area contributed by atoms with Crippen LogP contribution in [0.25, 0.3) is 0 Å². The molecule has 0 heterocycles. The molecule has 2 atom stereocenters. The first-order valence-electron chi connectivity index (χ1n) is 6.30. The lowest BCUT2D eigenvalue weighted by molar-refractivity contribution is -0.130. The van der Waals surface area contributed by atoms with Crippen LogP contribution < -0.4 is 5.32 Å². The summed E-state index contributed by atoms with van der Waals surface area (Å²) in [7, 11) is 0. The molecule has 1 amide bonds. The molecule has 1 aromatic rings. The van der Waals surface area contributed by atoms with Gasteiger partial charge in [0.15, 0.2) is 6.10 Å². The molecule has 0 saturated heterocycles. The summed E-state index contributed by atoms with van der Waals surface area (Å²) in [6, 6.07) is 6.82. The van der Waals surface area contributed by atoms with Crippen molar-refractivity contribution in [2.45, 2.75) is 32.4 Å². The van der Waals surface area contributed by atoms with Gasteiger partial charge in [-0.05, 0) is 30.0 Å². The van der Waals surface area contributed by atoms with Crippen LogP contribution in [-0.4, -0.2) is 28.8 Å². The molecular formula is C14H20BrNO3. The van der Waals surface area contributed by atoms with Crippen LogP contribution in [0.2, 0.25) is 0 Å². The van der Waals surface area contributed by atoms with Crippen LogP contribution >= 0.6 is 15.9 Å². The Morgan fingerprint density at radius 1 is 1.32 bits per heavy atom. The second kappa shape index (κ2) is 7.62. The predicted molar refractivity (Wildman–Crippen MR) is 77.6 cm³/mol. The summed E-state index contributed by atoms with van der Waals surface area (Å²) in [5.41, 5.74) is 0.548. The molecule has 0 aliphatic heterocycles. The summed E-state index contributed by atoms with van der Waals surface area (Å²) in [6.45, 7) is 3.94. The molecule has 1 rings (SSSR count). The number of rotatable bonds is 6. The number of carbonyl (C=O) groups is 1. The average Bonchev–Trinajstić information content (AvgIpc) is 2.38. The molecule has 0 bridgehead atoms. The molecule has 5 heteroatoms. The number of halogens is 1. The van der Waals surface area contributed by atoms with Gasteiger partial charge in [0, 0.05) is 17.1 Å². The van der Waals surface area contributed by atoms with Crippen LogP contribution in [-0.2, 0) is 4.79 Å². The third-order valence-corrected chi connectivity index (χ3v) is 3.54. The second-order valence-electron chi connectivity index (χ2n) is 4.83. The summed E-state index contributed by atoms with van der Waals surface area (Å²) in [6.07, 6.45) is -0.704. The maximum absolute atomic E-state index is 12.0. The molecule has 1 aromatic carbocycles. The molecule has 4 nitrogen and oxygen atoms in total. The fourth-order valence-corrected chi connectivity index (χ4v) is 2.03. The van der Waals surface area contributed by atoms with Crippen LogP contribution in [0.15, 0.2) is 28.7 Å². The Bertz CT molecular complexity index is 406. The number of aliphatic hydroxyl groups excluding tert-OH is 2. The zero-order valence-corrected chi connectivity index (χ0v) is 12.7. The van der Waals surface area contributed by atoms with Crippen LogP contribution in [0.5, 0.6) is 0 Å². The number of carbonyl (C=O) groups excluding carboxylic acids is 1. The van der Waals surface area contributed by atoms with Crippen LogP contribution in [0, 0.1) is 5.92 Å². The summed E-state index contributed by atoms with van der Waals surface area (Å²) in [5.74, 6) is -0.234. The van der Waals surface area contributed by atoms with E-state index in [0.29, 0.717) is 12.0 Å². The molecule has 0 radical (unpaired) electrons. The first-order valence-corrected chi connectivity index (χ1v) is 7.09. The number of benzene rings is 1. The summed E-state index contributed by atoms with van der Waals surface area (Å²) >= 11 is 3.30. The lowest BCUT2D eigenvalue weighted by Gasteiger charge is -2.23. The first kappa shape index (κ1) is 16.1. The predicted octanol–water partition coefficient (Wildman–Crippen LogP) is 2.01. The Morgan fingerprint density at radius 2 is 1.89 bits per heavy atom. The van der Waals surface area contributed by atoms with Gasteiger partial charge in [-0.15, -0.1) is 0 Å². The molecule has 0 saturated carbocycles. The molecule has 0 aromatic heterocycles. The van der Waals surface area contributed by atoms with Crippen molar-refractivity contribution in [1.29, 1.82) is 0 Å². The molecule has 19 heavy (non-hydrogen) atoms. The summed E-state index contributed by atoms with van der Waals surface area (Å²) in [4.78, 5) is 12.0. The minimum absolute atomic E-state index is 0.0114. The number of nitrogens with one attached hydrogen (secondary N) is 1. The highest BCUT2D eigenvalue weighted by Crippen LogP contribution is 2.17. The van der Waals surface area contributed by atoms with E-state index >= 15 is 0 Å². The van der Waals surface area contributed by atoms with Gasteiger partial charge in [0.1, 0.15) is 0 Å². The van der Waals surface area contributed by atoms with Crippen LogP contribution in [0.3, 0.4) is 0 Å². The fourth-order valence-electron chi connectivity index (χ4n) is 1.77. The van der Waals surface area contributed by atoms with Gasteiger partial charge in [-0.3, -0.25) is 4.79 Å². The van der Waals surface area contributed by atoms with Gasteiger partial charge in [0.05, 0.1) is 0 Å².